The fourth-order valence-corrected chi connectivity index (χ4v) is 2.82. The van der Waals surface area contributed by atoms with Gasteiger partial charge in [0.2, 0.25) is 0 Å². The summed E-state index contributed by atoms with van der Waals surface area (Å²) in [5.41, 5.74) is 7.54. The number of oxime groups is 1. The number of benzene rings is 2. The molecule has 5 heteroatoms. The monoisotopic (exact) mass is 336 g/mol. The molecule has 19 heavy (non-hydrogen) atoms. The summed E-state index contributed by atoms with van der Waals surface area (Å²) in [5.74, 6) is 0.128. The molecule has 3 nitrogen and oxygen atoms in total. The highest BCUT2D eigenvalue weighted by atomic mass is 79.9. The lowest BCUT2D eigenvalue weighted by molar-refractivity contribution is 0.318. The molecule has 0 amide bonds. The van der Waals surface area contributed by atoms with Gasteiger partial charge in [0.15, 0.2) is 5.84 Å². The number of hydrogen-bond donors (Lipinski definition) is 2. The van der Waals surface area contributed by atoms with Gasteiger partial charge in [-0.2, -0.15) is 0 Å². The van der Waals surface area contributed by atoms with Crippen molar-refractivity contribution in [3.05, 3.63) is 58.1 Å². The molecular formula is C14H13BrN2OS. The number of nitrogens with two attached hydrogens (primary N) is 1. The zero-order valence-electron chi connectivity index (χ0n) is 10.3. The van der Waals surface area contributed by atoms with Crippen LogP contribution in [-0.4, -0.2) is 11.0 Å². The minimum atomic E-state index is 0.128. The van der Waals surface area contributed by atoms with E-state index in [0.717, 1.165) is 25.4 Å². The van der Waals surface area contributed by atoms with Crippen LogP contribution < -0.4 is 5.73 Å². The van der Waals surface area contributed by atoms with Crippen LogP contribution in [0.25, 0.3) is 0 Å². The second-order valence-corrected chi connectivity index (χ2v) is 6.07. The molecule has 2 aromatic rings. The van der Waals surface area contributed by atoms with Gasteiger partial charge in [-0.05, 0) is 43.3 Å². The molecule has 0 spiro atoms. The van der Waals surface area contributed by atoms with Crippen LogP contribution in [0.4, 0.5) is 0 Å². The Hall–Kier alpha value is -1.46. The van der Waals surface area contributed by atoms with Crippen LogP contribution in [0.3, 0.4) is 0 Å². The van der Waals surface area contributed by atoms with E-state index < -0.39 is 0 Å². The lowest BCUT2D eigenvalue weighted by Gasteiger charge is -2.09. The van der Waals surface area contributed by atoms with Crippen molar-refractivity contribution < 1.29 is 5.21 Å². The minimum Gasteiger partial charge on any atom is -0.409 e. The predicted octanol–water partition coefficient (Wildman–Crippen LogP) is 4.00. The molecule has 0 bridgehead atoms. The van der Waals surface area contributed by atoms with Crippen molar-refractivity contribution in [2.24, 2.45) is 10.9 Å². The van der Waals surface area contributed by atoms with Crippen molar-refractivity contribution >= 4 is 33.5 Å². The molecule has 0 saturated heterocycles. The zero-order valence-corrected chi connectivity index (χ0v) is 12.7. The number of amidine groups is 1. The number of aryl methyl sites for hydroxylation is 1. The van der Waals surface area contributed by atoms with E-state index in [1.54, 1.807) is 11.8 Å². The molecule has 2 aromatic carbocycles. The van der Waals surface area contributed by atoms with Gasteiger partial charge < -0.3 is 10.9 Å². The third kappa shape index (κ3) is 3.52. The average molecular weight is 337 g/mol. The van der Waals surface area contributed by atoms with Crippen molar-refractivity contribution in [3.63, 3.8) is 0 Å². The van der Waals surface area contributed by atoms with E-state index in [0.29, 0.717) is 0 Å². The smallest absolute Gasteiger partial charge is 0.171 e. The van der Waals surface area contributed by atoms with Gasteiger partial charge in [-0.1, -0.05) is 44.5 Å². The number of halogens is 1. The average Bonchev–Trinajstić information content (AvgIpc) is 2.42. The molecular weight excluding hydrogens is 324 g/mol. The Balaban J connectivity index is 2.37. The summed E-state index contributed by atoms with van der Waals surface area (Å²) >= 11 is 4.99. The molecule has 0 heterocycles. The minimum absolute atomic E-state index is 0.128. The normalized spacial score (nSPS) is 11.6. The highest BCUT2D eigenvalue weighted by molar-refractivity contribution is 9.10. The Morgan fingerprint density at radius 3 is 2.53 bits per heavy atom. The predicted molar refractivity (Wildman–Crippen MR) is 82.0 cm³/mol. The lowest BCUT2D eigenvalue weighted by Crippen LogP contribution is -2.14. The van der Waals surface area contributed by atoms with Gasteiger partial charge in [0, 0.05) is 19.8 Å². The molecule has 0 aromatic heterocycles. The first-order chi connectivity index (χ1) is 9.10. The highest BCUT2D eigenvalue weighted by Gasteiger charge is 2.09. The Labute approximate surface area is 124 Å². The standard InChI is InChI=1S/C14H13BrN2OS/c1-9-2-7-13(12(8-9)14(16)17-18)19-11-5-3-10(15)4-6-11/h2-8,18H,1H3,(H2,16,17). The van der Waals surface area contributed by atoms with E-state index in [1.165, 1.54) is 0 Å². The van der Waals surface area contributed by atoms with Crippen LogP contribution in [0.2, 0.25) is 0 Å². The van der Waals surface area contributed by atoms with Crippen LogP contribution in [-0.2, 0) is 0 Å². The maximum Gasteiger partial charge on any atom is 0.171 e. The zero-order chi connectivity index (χ0) is 13.8. The fourth-order valence-electron chi connectivity index (χ4n) is 1.62. The summed E-state index contributed by atoms with van der Waals surface area (Å²) in [6, 6.07) is 13.9. The first-order valence-electron chi connectivity index (χ1n) is 5.62. The van der Waals surface area contributed by atoms with Crippen LogP contribution in [0, 0.1) is 6.92 Å². The van der Waals surface area contributed by atoms with E-state index in [9.17, 15) is 0 Å². The largest absolute Gasteiger partial charge is 0.409 e. The van der Waals surface area contributed by atoms with Crippen LogP contribution >= 0.6 is 27.7 Å². The molecule has 3 N–H and O–H groups in total. The van der Waals surface area contributed by atoms with Crippen LogP contribution in [0.1, 0.15) is 11.1 Å². The van der Waals surface area contributed by atoms with Gasteiger partial charge >= 0.3 is 0 Å². The van der Waals surface area contributed by atoms with Gasteiger partial charge in [0.25, 0.3) is 0 Å². The van der Waals surface area contributed by atoms with Gasteiger partial charge in [-0.25, -0.2) is 0 Å². The summed E-state index contributed by atoms with van der Waals surface area (Å²) in [4.78, 5) is 2.06. The molecule has 0 aliphatic heterocycles. The summed E-state index contributed by atoms with van der Waals surface area (Å²) in [6.45, 7) is 1.97. The third-order valence-electron chi connectivity index (χ3n) is 2.56. The van der Waals surface area contributed by atoms with Crippen molar-refractivity contribution in [2.75, 3.05) is 0 Å². The van der Waals surface area contributed by atoms with Gasteiger partial charge in [-0.3, -0.25) is 0 Å². The lowest BCUT2D eigenvalue weighted by atomic mass is 10.1. The fraction of sp³-hybridized carbons (Fsp3) is 0.0714. The summed E-state index contributed by atoms with van der Waals surface area (Å²) < 4.78 is 1.04. The Morgan fingerprint density at radius 2 is 1.89 bits per heavy atom. The molecule has 0 aliphatic rings. The molecule has 0 atom stereocenters. The topological polar surface area (TPSA) is 58.6 Å². The molecule has 0 fully saturated rings. The number of hydrogen-bond acceptors (Lipinski definition) is 3. The van der Waals surface area contributed by atoms with E-state index in [4.69, 9.17) is 10.9 Å². The molecule has 98 valence electrons. The molecule has 0 saturated carbocycles. The van der Waals surface area contributed by atoms with Crippen molar-refractivity contribution in [2.45, 2.75) is 16.7 Å². The Kier molecular flexibility index (Phi) is 4.50. The first-order valence-corrected chi connectivity index (χ1v) is 7.23. The van der Waals surface area contributed by atoms with E-state index >= 15 is 0 Å². The van der Waals surface area contributed by atoms with Crippen molar-refractivity contribution in [1.29, 1.82) is 0 Å². The highest BCUT2D eigenvalue weighted by Crippen LogP contribution is 2.31. The molecule has 0 radical (unpaired) electrons. The van der Waals surface area contributed by atoms with Crippen molar-refractivity contribution in [3.8, 4) is 0 Å². The van der Waals surface area contributed by atoms with Crippen molar-refractivity contribution in [1.82, 2.24) is 0 Å². The van der Waals surface area contributed by atoms with Gasteiger partial charge in [0.05, 0.1) is 0 Å². The molecule has 2 rings (SSSR count). The first kappa shape index (κ1) is 14.0. The second-order valence-electron chi connectivity index (χ2n) is 4.04. The summed E-state index contributed by atoms with van der Waals surface area (Å²) in [5, 5.41) is 11.9. The quantitative estimate of drug-likeness (QED) is 0.385. The molecule has 0 unspecified atom stereocenters. The maximum atomic E-state index is 8.85. The summed E-state index contributed by atoms with van der Waals surface area (Å²) in [6.07, 6.45) is 0. The summed E-state index contributed by atoms with van der Waals surface area (Å²) in [7, 11) is 0. The van der Waals surface area contributed by atoms with Gasteiger partial charge in [-0.15, -0.1) is 0 Å². The molecule has 0 aliphatic carbocycles. The maximum absolute atomic E-state index is 8.85. The Morgan fingerprint density at radius 1 is 1.21 bits per heavy atom. The number of nitrogens with zero attached hydrogens (tertiary/aromatic N) is 1. The Bertz CT molecular complexity index is 611. The van der Waals surface area contributed by atoms with E-state index in [1.807, 2.05) is 49.4 Å². The number of rotatable bonds is 3. The van der Waals surface area contributed by atoms with Crippen LogP contribution in [0.15, 0.2) is 61.9 Å². The second kappa shape index (κ2) is 6.12. The van der Waals surface area contributed by atoms with Crippen LogP contribution in [0.5, 0.6) is 0 Å². The van der Waals surface area contributed by atoms with E-state index in [2.05, 4.69) is 21.1 Å². The SMILES string of the molecule is Cc1ccc(Sc2ccc(Br)cc2)c(/C(N)=N/O)c1. The van der Waals surface area contributed by atoms with Gasteiger partial charge in [0.1, 0.15) is 0 Å². The third-order valence-corrected chi connectivity index (χ3v) is 4.17. The van der Waals surface area contributed by atoms with E-state index in [-0.39, 0.29) is 5.84 Å².